The lowest BCUT2D eigenvalue weighted by Gasteiger charge is -2.13. The van der Waals surface area contributed by atoms with Gasteiger partial charge in [0.05, 0.1) is 9.83 Å². The zero-order chi connectivity index (χ0) is 16.3. The largest absolute Gasteiger partial charge is 0.502 e. The van der Waals surface area contributed by atoms with Crippen molar-refractivity contribution in [2.24, 2.45) is 0 Å². The van der Waals surface area contributed by atoms with Crippen LogP contribution in [-0.4, -0.2) is 31.7 Å². The van der Waals surface area contributed by atoms with E-state index in [-0.39, 0.29) is 11.5 Å². The van der Waals surface area contributed by atoms with Crippen molar-refractivity contribution in [1.29, 1.82) is 0 Å². The molecule has 0 radical (unpaired) electrons. The molecule has 1 N–H and O–H groups in total. The lowest BCUT2D eigenvalue weighted by atomic mass is 10.1. The summed E-state index contributed by atoms with van der Waals surface area (Å²) in [7, 11) is 0. The van der Waals surface area contributed by atoms with Crippen LogP contribution >= 0.6 is 24.0 Å². The van der Waals surface area contributed by atoms with Crippen LogP contribution in [0.15, 0.2) is 23.1 Å². The topological polar surface area (TPSA) is 83.7 Å². The summed E-state index contributed by atoms with van der Waals surface area (Å²) in [6.07, 6.45) is 3.23. The highest BCUT2D eigenvalue weighted by Gasteiger charge is 2.31. The Hall–Kier alpha value is -1.93. The van der Waals surface area contributed by atoms with E-state index in [1.54, 1.807) is 0 Å². The predicted octanol–water partition coefficient (Wildman–Crippen LogP) is 3.30. The summed E-state index contributed by atoms with van der Waals surface area (Å²) >= 11 is 6.32. The molecule has 0 bridgehead atoms. The molecule has 1 amide bonds. The Morgan fingerprint density at radius 2 is 2.23 bits per heavy atom. The Morgan fingerprint density at radius 1 is 1.50 bits per heavy atom. The number of nitrogens with zero attached hydrogens (tertiary/aromatic N) is 2. The first-order chi connectivity index (χ1) is 10.5. The summed E-state index contributed by atoms with van der Waals surface area (Å²) in [6, 6.07) is 4.18. The first kappa shape index (κ1) is 16.4. The van der Waals surface area contributed by atoms with Crippen LogP contribution in [0.25, 0.3) is 6.08 Å². The Morgan fingerprint density at radius 3 is 2.86 bits per heavy atom. The summed E-state index contributed by atoms with van der Waals surface area (Å²) in [4.78, 5) is 24.3. The molecule has 2 rings (SSSR count). The quantitative estimate of drug-likeness (QED) is 0.384. The number of hydrogen-bond acceptors (Lipinski definition) is 6. The zero-order valence-electron chi connectivity index (χ0n) is 11.8. The van der Waals surface area contributed by atoms with E-state index in [9.17, 15) is 20.0 Å². The van der Waals surface area contributed by atoms with Gasteiger partial charge < -0.3 is 5.11 Å². The number of benzene rings is 1. The Balaban J connectivity index is 2.31. The molecule has 1 aliphatic heterocycles. The van der Waals surface area contributed by atoms with Crippen LogP contribution in [0, 0.1) is 10.1 Å². The number of para-hydroxylation sites is 1. The molecule has 22 heavy (non-hydrogen) atoms. The highest BCUT2D eigenvalue weighted by Crippen LogP contribution is 2.36. The van der Waals surface area contributed by atoms with Crippen molar-refractivity contribution < 1.29 is 14.8 Å². The molecule has 0 saturated carbocycles. The molecule has 0 aromatic heterocycles. The van der Waals surface area contributed by atoms with E-state index in [4.69, 9.17) is 12.2 Å². The molecule has 6 nitrogen and oxygen atoms in total. The number of rotatable bonds is 5. The standard InChI is InChI=1S/C14H14N2O4S2/c1-2-3-7-15-13(18)11(22-14(15)21)8-9-5-4-6-10(12(9)17)16(19)20/h4-6,8,17H,2-3,7H2,1H3/b11-8+. The van der Waals surface area contributed by atoms with E-state index in [0.29, 0.717) is 15.8 Å². The molecule has 0 spiro atoms. The molecule has 1 heterocycles. The van der Waals surface area contributed by atoms with Crippen LogP contribution in [0.3, 0.4) is 0 Å². The van der Waals surface area contributed by atoms with Gasteiger partial charge in [0.25, 0.3) is 5.91 Å². The van der Waals surface area contributed by atoms with Gasteiger partial charge >= 0.3 is 5.69 Å². The van der Waals surface area contributed by atoms with Gasteiger partial charge in [-0.1, -0.05) is 49.5 Å². The number of carbonyl (C=O) groups excluding carboxylic acids is 1. The smallest absolute Gasteiger partial charge is 0.311 e. The SMILES string of the molecule is CCCCN1C(=O)/C(=C\c2cccc([N+](=O)[O-])c2O)SC1=S. The van der Waals surface area contributed by atoms with Crippen molar-refractivity contribution in [3.05, 3.63) is 38.8 Å². The number of nitro groups is 1. The first-order valence-corrected chi connectivity index (χ1v) is 7.90. The Labute approximate surface area is 137 Å². The number of hydrogen-bond donors (Lipinski definition) is 1. The lowest BCUT2D eigenvalue weighted by Crippen LogP contribution is -2.28. The van der Waals surface area contributed by atoms with Crippen LogP contribution < -0.4 is 0 Å². The van der Waals surface area contributed by atoms with Crippen LogP contribution in [0.1, 0.15) is 25.3 Å². The van der Waals surface area contributed by atoms with E-state index in [1.165, 1.54) is 29.2 Å². The van der Waals surface area contributed by atoms with Gasteiger partial charge in [-0.3, -0.25) is 19.8 Å². The number of amides is 1. The summed E-state index contributed by atoms with van der Waals surface area (Å²) < 4.78 is 0.467. The number of carbonyl (C=O) groups is 1. The number of phenols is 1. The van der Waals surface area contributed by atoms with Crippen molar-refractivity contribution in [2.75, 3.05) is 6.54 Å². The van der Waals surface area contributed by atoms with Gasteiger partial charge in [0, 0.05) is 18.2 Å². The maximum absolute atomic E-state index is 12.3. The third-order valence-corrected chi connectivity index (χ3v) is 4.52. The van der Waals surface area contributed by atoms with E-state index >= 15 is 0 Å². The monoisotopic (exact) mass is 338 g/mol. The van der Waals surface area contributed by atoms with Gasteiger partial charge in [0.2, 0.25) is 5.75 Å². The molecule has 0 aliphatic carbocycles. The molecular formula is C14H14N2O4S2. The molecule has 1 aromatic rings. The molecule has 1 saturated heterocycles. The Kier molecular flexibility index (Phi) is 5.15. The van der Waals surface area contributed by atoms with Crippen molar-refractivity contribution >= 4 is 46.0 Å². The second kappa shape index (κ2) is 6.89. The van der Waals surface area contributed by atoms with Gasteiger partial charge in [-0.15, -0.1) is 0 Å². The summed E-state index contributed by atoms with van der Waals surface area (Å²) in [5, 5.41) is 20.7. The third kappa shape index (κ3) is 3.28. The van der Waals surface area contributed by atoms with Crippen LogP contribution in [-0.2, 0) is 4.79 Å². The van der Waals surface area contributed by atoms with Gasteiger partial charge in [0.1, 0.15) is 4.32 Å². The van der Waals surface area contributed by atoms with Crippen molar-refractivity contribution in [3.63, 3.8) is 0 Å². The van der Waals surface area contributed by atoms with E-state index in [1.807, 2.05) is 6.92 Å². The summed E-state index contributed by atoms with van der Waals surface area (Å²) in [5.41, 5.74) is -0.166. The fourth-order valence-electron chi connectivity index (χ4n) is 1.96. The summed E-state index contributed by atoms with van der Waals surface area (Å²) in [5.74, 6) is -0.680. The number of unbranched alkanes of at least 4 members (excludes halogenated alkanes) is 1. The maximum atomic E-state index is 12.3. The minimum absolute atomic E-state index is 0.227. The van der Waals surface area contributed by atoms with Gasteiger partial charge in [-0.2, -0.15) is 0 Å². The number of phenolic OH excluding ortho intramolecular Hbond substituents is 1. The maximum Gasteiger partial charge on any atom is 0.311 e. The molecular weight excluding hydrogens is 324 g/mol. The van der Waals surface area contributed by atoms with Crippen LogP contribution in [0.2, 0.25) is 0 Å². The predicted molar refractivity (Wildman–Crippen MR) is 89.5 cm³/mol. The minimum Gasteiger partial charge on any atom is -0.502 e. The number of thiocarbonyl (C=S) groups is 1. The Bertz CT molecular complexity index is 673. The van der Waals surface area contributed by atoms with E-state index in [2.05, 4.69) is 0 Å². The highest BCUT2D eigenvalue weighted by molar-refractivity contribution is 8.26. The molecule has 0 unspecified atom stereocenters. The fraction of sp³-hybridized carbons (Fsp3) is 0.286. The van der Waals surface area contributed by atoms with Crippen molar-refractivity contribution in [1.82, 2.24) is 4.90 Å². The first-order valence-electron chi connectivity index (χ1n) is 6.67. The average molecular weight is 338 g/mol. The number of nitro benzene ring substituents is 1. The second-order valence-electron chi connectivity index (χ2n) is 4.66. The van der Waals surface area contributed by atoms with Gasteiger partial charge in [0.15, 0.2) is 0 Å². The second-order valence-corrected chi connectivity index (χ2v) is 6.33. The summed E-state index contributed by atoms with van der Waals surface area (Å²) in [6.45, 7) is 2.58. The molecule has 116 valence electrons. The normalized spacial score (nSPS) is 16.6. The van der Waals surface area contributed by atoms with Gasteiger partial charge in [-0.05, 0) is 12.5 Å². The number of thioether (sulfide) groups is 1. The average Bonchev–Trinajstić information content (AvgIpc) is 2.73. The molecule has 8 heteroatoms. The lowest BCUT2D eigenvalue weighted by molar-refractivity contribution is -0.385. The van der Waals surface area contributed by atoms with Crippen molar-refractivity contribution in [3.8, 4) is 5.75 Å². The van der Waals surface area contributed by atoms with E-state index < -0.39 is 16.4 Å². The third-order valence-electron chi connectivity index (χ3n) is 3.14. The van der Waals surface area contributed by atoms with Gasteiger partial charge in [-0.25, -0.2) is 0 Å². The zero-order valence-corrected chi connectivity index (χ0v) is 13.4. The van der Waals surface area contributed by atoms with Crippen LogP contribution in [0.5, 0.6) is 5.75 Å². The molecule has 1 aliphatic rings. The van der Waals surface area contributed by atoms with Crippen molar-refractivity contribution in [2.45, 2.75) is 19.8 Å². The molecule has 1 fully saturated rings. The molecule has 0 atom stereocenters. The van der Waals surface area contributed by atoms with E-state index in [0.717, 1.165) is 24.6 Å². The fourth-order valence-corrected chi connectivity index (χ4v) is 3.26. The van der Waals surface area contributed by atoms with Crippen LogP contribution in [0.4, 0.5) is 5.69 Å². The minimum atomic E-state index is -0.668. The molecule has 1 aromatic carbocycles. The number of aromatic hydroxyl groups is 1. The highest BCUT2D eigenvalue weighted by atomic mass is 32.2.